The van der Waals surface area contributed by atoms with Crippen molar-refractivity contribution in [2.45, 2.75) is 39.2 Å². The lowest BCUT2D eigenvalue weighted by Gasteiger charge is -2.19. The lowest BCUT2D eigenvalue weighted by Crippen LogP contribution is -2.39. The molecule has 1 heterocycles. The number of allylic oxidation sites excluding steroid dienone is 2. The van der Waals surface area contributed by atoms with Gasteiger partial charge >= 0.3 is 0 Å². The van der Waals surface area contributed by atoms with Crippen molar-refractivity contribution >= 4 is 11.7 Å². The Hall–Kier alpha value is -2.95. The monoisotopic (exact) mass is 419 g/mol. The predicted molar refractivity (Wildman–Crippen MR) is 117 cm³/mol. The molecule has 0 saturated heterocycles. The summed E-state index contributed by atoms with van der Waals surface area (Å²) in [5.74, 6) is 1.25. The van der Waals surface area contributed by atoms with Crippen molar-refractivity contribution in [3.8, 4) is 16.9 Å². The van der Waals surface area contributed by atoms with Crippen molar-refractivity contribution < 1.29 is 18.7 Å². The highest BCUT2D eigenvalue weighted by Crippen LogP contribution is 2.44. The number of Topliss-reactive ketones (excluding diaryl/α,β-unsaturated/α-hetero) is 1. The smallest absolute Gasteiger partial charge is 0.223 e. The van der Waals surface area contributed by atoms with Gasteiger partial charge in [-0.3, -0.25) is 9.59 Å². The van der Waals surface area contributed by atoms with E-state index in [4.69, 9.17) is 4.74 Å². The molecule has 31 heavy (non-hydrogen) atoms. The van der Waals surface area contributed by atoms with Crippen LogP contribution in [-0.4, -0.2) is 24.3 Å². The Labute approximate surface area is 181 Å². The van der Waals surface area contributed by atoms with Gasteiger partial charge in [-0.1, -0.05) is 18.2 Å². The van der Waals surface area contributed by atoms with E-state index in [9.17, 15) is 14.0 Å². The lowest BCUT2D eigenvalue weighted by atomic mass is 9.93. The molecule has 1 N–H and O–H groups in total. The highest BCUT2D eigenvalue weighted by molar-refractivity contribution is 5.95. The zero-order valence-corrected chi connectivity index (χ0v) is 17.8. The summed E-state index contributed by atoms with van der Waals surface area (Å²) in [6.07, 6.45) is 6.92. The van der Waals surface area contributed by atoms with Crippen molar-refractivity contribution in [1.29, 1.82) is 0 Å². The van der Waals surface area contributed by atoms with Gasteiger partial charge in [-0.2, -0.15) is 0 Å². The van der Waals surface area contributed by atoms with Gasteiger partial charge in [0.25, 0.3) is 0 Å². The Morgan fingerprint density at radius 2 is 1.97 bits per heavy atom. The molecule has 5 rings (SSSR count). The molecule has 1 fully saturated rings. The van der Waals surface area contributed by atoms with Crippen LogP contribution in [0, 0.1) is 30.5 Å². The quantitative estimate of drug-likeness (QED) is 0.568. The van der Waals surface area contributed by atoms with Crippen LogP contribution in [0.3, 0.4) is 0 Å². The summed E-state index contributed by atoms with van der Waals surface area (Å²) in [4.78, 5) is 24.5. The maximum Gasteiger partial charge on any atom is 0.223 e. The molecule has 5 heteroatoms. The van der Waals surface area contributed by atoms with E-state index in [2.05, 4.69) is 17.5 Å². The molecule has 2 aromatic rings. The Kier molecular flexibility index (Phi) is 4.92. The van der Waals surface area contributed by atoms with Gasteiger partial charge in [-0.15, -0.1) is 0 Å². The fourth-order valence-corrected chi connectivity index (χ4v) is 5.28. The average Bonchev–Trinajstić information content (AvgIpc) is 3.47. The minimum atomic E-state index is -0.387. The maximum absolute atomic E-state index is 14.7. The zero-order chi connectivity index (χ0) is 21.7. The Balaban J connectivity index is 1.34. The molecule has 160 valence electrons. The molecular formula is C26H26FNO3. The maximum atomic E-state index is 14.7. The van der Waals surface area contributed by atoms with Gasteiger partial charge < -0.3 is 10.1 Å². The van der Waals surface area contributed by atoms with Crippen LogP contribution in [0.25, 0.3) is 11.1 Å². The number of nitrogens with one attached hydrogen (secondary N) is 1. The first-order valence-corrected chi connectivity index (χ1v) is 11.0. The van der Waals surface area contributed by atoms with Gasteiger partial charge in [0.05, 0.1) is 6.54 Å². The number of halogens is 1. The van der Waals surface area contributed by atoms with Crippen LogP contribution in [0.2, 0.25) is 0 Å². The number of rotatable bonds is 5. The molecule has 2 bridgehead atoms. The number of hydrogen-bond acceptors (Lipinski definition) is 3. The largest absolute Gasteiger partial charge is 0.487 e. The summed E-state index contributed by atoms with van der Waals surface area (Å²) >= 11 is 0. The fraction of sp³-hybridized carbons (Fsp3) is 0.385. The SMILES string of the molecule is CC(=O)c1ccc(F)c(-c2cc(C)cc3c2O[C@@H](CNC(=O)[C@@H]2C[C@@H]4C=C[C@H]2C4)C3)c1. The number of hydrogen-bond donors (Lipinski definition) is 1. The van der Waals surface area contributed by atoms with Crippen LogP contribution in [0.1, 0.15) is 41.3 Å². The number of benzene rings is 2. The topological polar surface area (TPSA) is 55.4 Å². The van der Waals surface area contributed by atoms with Gasteiger partial charge in [-0.05, 0) is 73.9 Å². The molecule has 0 radical (unpaired) electrons. The van der Waals surface area contributed by atoms with Crippen LogP contribution in [0.15, 0.2) is 42.5 Å². The van der Waals surface area contributed by atoms with E-state index in [1.54, 1.807) is 6.07 Å². The number of amides is 1. The summed E-state index contributed by atoms with van der Waals surface area (Å²) < 4.78 is 20.9. The molecule has 0 spiro atoms. The van der Waals surface area contributed by atoms with E-state index in [-0.39, 0.29) is 29.5 Å². The van der Waals surface area contributed by atoms with Crippen LogP contribution < -0.4 is 10.1 Å². The van der Waals surface area contributed by atoms with Gasteiger partial charge in [0.1, 0.15) is 17.7 Å². The summed E-state index contributed by atoms with van der Waals surface area (Å²) in [6, 6.07) is 8.37. The van der Waals surface area contributed by atoms with Crippen LogP contribution in [0.5, 0.6) is 5.75 Å². The van der Waals surface area contributed by atoms with Crippen LogP contribution >= 0.6 is 0 Å². The molecule has 1 saturated carbocycles. The number of fused-ring (bicyclic) bond motifs is 3. The van der Waals surface area contributed by atoms with E-state index < -0.39 is 0 Å². The van der Waals surface area contributed by atoms with Crippen molar-refractivity contribution in [2.75, 3.05) is 6.54 Å². The molecular weight excluding hydrogens is 393 g/mol. The number of aryl methyl sites for hydroxylation is 1. The van der Waals surface area contributed by atoms with Gasteiger partial charge in [0.15, 0.2) is 5.78 Å². The Morgan fingerprint density at radius 1 is 1.13 bits per heavy atom. The second-order valence-electron chi connectivity index (χ2n) is 9.13. The third-order valence-corrected chi connectivity index (χ3v) is 6.82. The Bertz CT molecular complexity index is 1110. The van der Waals surface area contributed by atoms with Crippen molar-refractivity contribution in [3.05, 3.63) is 65.0 Å². The third-order valence-electron chi connectivity index (χ3n) is 6.82. The predicted octanol–water partition coefficient (Wildman–Crippen LogP) is 4.64. The normalized spacial score (nSPS) is 25.4. The first kappa shape index (κ1) is 20.0. The molecule has 2 aromatic carbocycles. The first-order valence-electron chi connectivity index (χ1n) is 11.0. The van der Waals surface area contributed by atoms with E-state index in [1.165, 1.54) is 19.1 Å². The van der Waals surface area contributed by atoms with Crippen LogP contribution in [-0.2, 0) is 11.2 Å². The third kappa shape index (κ3) is 3.67. The summed E-state index contributed by atoms with van der Waals surface area (Å²) in [5.41, 5.74) is 3.50. The second kappa shape index (κ2) is 7.63. The van der Waals surface area contributed by atoms with Gasteiger partial charge in [0, 0.05) is 29.0 Å². The number of carbonyl (C=O) groups excluding carboxylic acids is 2. The molecule has 0 unspecified atom stereocenters. The molecule has 2 aliphatic carbocycles. The summed E-state index contributed by atoms with van der Waals surface area (Å²) in [5, 5.41) is 3.08. The Morgan fingerprint density at radius 3 is 2.68 bits per heavy atom. The molecule has 1 aliphatic heterocycles. The second-order valence-corrected chi connectivity index (χ2v) is 9.13. The average molecular weight is 419 g/mol. The highest BCUT2D eigenvalue weighted by atomic mass is 19.1. The molecule has 4 atom stereocenters. The van der Waals surface area contributed by atoms with E-state index >= 15 is 0 Å². The number of ketones is 1. The standard InChI is InChI=1S/C26H26FNO3/c1-14-7-19-11-20(13-28-26(30)21-10-16-3-4-18(21)9-16)31-25(19)23(8-14)22-12-17(15(2)29)5-6-24(22)27/h3-8,12,16,18,20-21H,9-11,13H2,1-2H3,(H,28,30)/t16-,18+,20-,21-/m1/s1. The lowest BCUT2D eigenvalue weighted by molar-refractivity contribution is -0.126. The fourth-order valence-electron chi connectivity index (χ4n) is 5.28. The van der Waals surface area contributed by atoms with Crippen molar-refractivity contribution in [1.82, 2.24) is 5.32 Å². The van der Waals surface area contributed by atoms with Crippen LogP contribution in [0.4, 0.5) is 4.39 Å². The molecule has 4 nitrogen and oxygen atoms in total. The van der Waals surface area contributed by atoms with E-state index in [0.717, 1.165) is 24.0 Å². The number of ether oxygens (including phenoxy) is 1. The number of carbonyl (C=O) groups is 2. The van der Waals surface area contributed by atoms with Gasteiger partial charge in [-0.25, -0.2) is 4.39 Å². The van der Waals surface area contributed by atoms with E-state index in [1.807, 2.05) is 19.1 Å². The zero-order valence-electron chi connectivity index (χ0n) is 17.8. The highest BCUT2D eigenvalue weighted by Gasteiger charge is 2.40. The minimum absolute atomic E-state index is 0.0694. The van der Waals surface area contributed by atoms with E-state index in [0.29, 0.717) is 47.2 Å². The molecule has 0 aromatic heterocycles. The first-order chi connectivity index (χ1) is 14.9. The van der Waals surface area contributed by atoms with Crippen molar-refractivity contribution in [3.63, 3.8) is 0 Å². The minimum Gasteiger partial charge on any atom is -0.487 e. The summed E-state index contributed by atoms with van der Waals surface area (Å²) in [7, 11) is 0. The van der Waals surface area contributed by atoms with Crippen molar-refractivity contribution in [2.24, 2.45) is 17.8 Å². The summed E-state index contributed by atoms with van der Waals surface area (Å²) in [6.45, 7) is 3.87. The molecule has 1 amide bonds. The molecule has 3 aliphatic rings. The van der Waals surface area contributed by atoms with Gasteiger partial charge in [0.2, 0.25) is 5.91 Å².